The van der Waals surface area contributed by atoms with Crippen LogP contribution in [-0.4, -0.2) is 71.3 Å². The molecule has 3 N–H and O–H groups in total. The van der Waals surface area contributed by atoms with E-state index < -0.39 is 5.82 Å². The van der Waals surface area contributed by atoms with Crippen molar-refractivity contribution in [3.63, 3.8) is 0 Å². The first kappa shape index (κ1) is 22.8. The van der Waals surface area contributed by atoms with Gasteiger partial charge in [-0.3, -0.25) is 4.79 Å². The van der Waals surface area contributed by atoms with E-state index in [2.05, 4.69) is 10.2 Å². The number of amides is 1. The van der Waals surface area contributed by atoms with E-state index in [1.807, 2.05) is 43.1 Å². The Bertz CT molecular complexity index is 900. The molecular formula is C23H32FN5O2. The number of benzene rings is 2. The van der Waals surface area contributed by atoms with Crippen LogP contribution in [0.25, 0.3) is 0 Å². The second-order valence-corrected chi connectivity index (χ2v) is 8.07. The van der Waals surface area contributed by atoms with Crippen LogP contribution in [0.2, 0.25) is 0 Å². The van der Waals surface area contributed by atoms with Crippen LogP contribution in [-0.2, 0) is 4.74 Å². The third-order valence-electron chi connectivity index (χ3n) is 5.35. The molecule has 0 spiro atoms. The van der Waals surface area contributed by atoms with Crippen LogP contribution < -0.4 is 20.9 Å². The predicted molar refractivity (Wildman–Crippen MR) is 125 cm³/mol. The monoisotopic (exact) mass is 429 g/mol. The largest absolute Gasteiger partial charge is 0.396 e. The summed E-state index contributed by atoms with van der Waals surface area (Å²) in [5.74, 6) is -0.763. The number of nitrogens with one attached hydrogen (secondary N) is 1. The number of morpholine rings is 1. The third-order valence-corrected chi connectivity index (χ3v) is 5.35. The molecule has 0 atom stereocenters. The summed E-state index contributed by atoms with van der Waals surface area (Å²) in [5.41, 5.74) is 9.05. The number of halogens is 1. The molecule has 1 aliphatic heterocycles. The summed E-state index contributed by atoms with van der Waals surface area (Å²) in [6.07, 6.45) is 0.979. The van der Waals surface area contributed by atoms with Gasteiger partial charge in [0.1, 0.15) is 5.82 Å². The van der Waals surface area contributed by atoms with Crippen LogP contribution in [0, 0.1) is 5.82 Å². The topological polar surface area (TPSA) is 74.1 Å². The van der Waals surface area contributed by atoms with Gasteiger partial charge in [0.05, 0.1) is 30.2 Å². The number of hydrogen-bond donors (Lipinski definition) is 2. The molecule has 1 fully saturated rings. The average Bonchev–Trinajstić information content (AvgIpc) is 2.73. The highest BCUT2D eigenvalue weighted by Crippen LogP contribution is 2.28. The molecule has 2 aromatic carbocycles. The van der Waals surface area contributed by atoms with E-state index in [4.69, 9.17) is 10.5 Å². The first-order valence-electron chi connectivity index (χ1n) is 10.5. The van der Waals surface area contributed by atoms with Gasteiger partial charge in [-0.15, -0.1) is 0 Å². The lowest BCUT2D eigenvalue weighted by molar-refractivity contribution is 0.102. The number of nitrogens with zero attached hydrogens (tertiary/aromatic N) is 3. The number of ether oxygens (including phenoxy) is 1. The van der Waals surface area contributed by atoms with Crippen LogP contribution in [0.1, 0.15) is 16.8 Å². The van der Waals surface area contributed by atoms with Crippen molar-refractivity contribution in [1.29, 1.82) is 0 Å². The van der Waals surface area contributed by atoms with Crippen molar-refractivity contribution in [2.45, 2.75) is 6.42 Å². The molecule has 1 amide bonds. The zero-order chi connectivity index (χ0) is 22.4. The number of nitrogens with two attached hydrogens (primary N) is 1. The Morgan fingerprint density at radius 3 is 2.61 bits per heavy atom. The quantitative estimate of drug-likeness (QED) is 0.629. The molecule has 0 saturated carbocycles. The van der Waals surface area contributed by atoms with Gasteiger partial charge in [0.2, 0.25) is 0 Å². The van der Waals surface area contributed by atoms with E-state index >= 15 is 0 Å². The molecule has 8 heteroatoms. The van der Waals surface area contributed by atoms with Gasteiger partial charge in [0.15, 0.2) is 0 Å². The van der Waals surface area contributed by atoms with Crippen LogP contribution in [0.3, 0.4) is 0 Å². The Balaban J connectivity index is 1.74. The molecule has 2 aromatic rings. The number of anilines is 4. The van der Waals surface area contributed by atoms with E-state index in [0.29, 0.717) is 43.2 Å². The summed E-state index contributed by atoms with van der Waals surface area (Å²) in [4.78, 5) is 19.2. The third kappa shape index (κ3) is 6.08. The van der Waals surface area contributed by atoms with Gasteiger partial charge in [-0.1, -0.05) is 6.07 Å². The molecular weight excluding hydrogens is 397 g/mol. The van der Waals surface area contributed by atoms with Crippen molar-refractivity contribution in [2.75, 3.05) is 81.4 Å². The average molecular weight is 430 g/mol. The summed E-state index contributed by atoms with van der Waals surface area (Å²) >= 11 is 0. The molecule has 168 valence electrons. The molecule has 1 heterocycles. The minimum Gasteiger partial charge on any atom is -0.396 e. The Labute approximate surface area is 183 Å². The Morgan fingerprint density at radius 2 is 1.90 bits per heavy atom. The maximum atomic E-state index is 14.2. The highest BCUT2D eigenvalue weighted by Gasteiger charge is 2.17. The van der Waals surface area contributed by atoms with Crippen molar-refractivity contribution in [1.82, 2.24) is 4.90 Å². The summed E-state index contributed by atoms with van der Waals surface area (Å²) < 4.78 is 19.6. The van der Waals surface area contributed by atoms with Crippen molar-refractivity contribution in [3.8, 4) is 0 Å². The molecule has 3 rings (SSSR count). The lowest BCUT2D eigenvalue weighted by Crippen LogP contribution is -2.36. The minimum atomic E-state index is -0.401. The van der Waals surface area contributed by atoms with Crippen molar-refractivity contribution in [2.24, 2.45) is 0 Å². The number of hydrogen-bond acceptors (Lipinski definition) is 6. The first-order chi connectivity index (χ1) is 14.8. The fraction of sp³-hybridized carbons (Fsp3) is 0.435. The maximum Gasteiger partial charge on any atom is 0.257 e. The van der Waals surface area contributed by atoms with Gasteiger partial charge in [-0.05, 0) is 57.4 Å². The minimum absolute atomic E-state index is 0.362. The standard InChI is InChI=1S/C23H32FN5O2/c1-27(2)8-5-9-28(3)21-7-4-6-20(22(21)25)23(30)26-18-14-17(24)15-19(16-18)29-10-12-31-13-11-29/h4,6-7,14-16H,5,8-13,25H2,1-3H3,(H,26,30). The number of carbonyl (C=O) groups excluding carboxylic acids is 1. The summed E-state index contributed by atoms with van der Waals surface area (Å²) in [7, 11) is 6.04. The van der Waals surface area contributed by atoms with Crippen LogP contribution in [0.4, 0.5) is 27.1 Å². The molecule has 0 bridgehead atoms. The number of nitrogen functional groups attached to an aromatic ring is 1. The highest BCUT2D eigenvalue weighted by atomic mass is 19.1. The maximum absolute atomic E-state index is 14.2. The van der Waals surface area contributed by atoms with E-state index in [9.17, 15) is 9.18 Å². The molecule has 1 saturated heterocycles. The summed E-state index contributed by atoms with van der Waals surface area (Å²) in [6, 6.07) is 9.96. The second kappa shape index (κ2) is 10.5. The normalized spacial score (nSPS) is 14.0. The SMILES string of the molecule is CN(C)CCCN(C)c1cccc(C(=O)Nc2cc(F)cc(N3CCOCC3)c2)c1N. The Kier molecular flexibility index (Phi) is 7.70. The van der Waals surface area contributed by atoms with Gasteiger partial charge in [-0.25, -0.2) is 4.39 Å². The van der Waals surface area contributed by atoms with Gasteiger partial charge in [-0.2, -0.15) is 0 Å². The molecule has 7 nitrogen and oxygen atoms in total. The van der Waals surface area contributed by atoms with Gasteiger partial charge >= 0.3 is 0 Å². The molecule has 0 aromatic heterocycles. The van der Waals surface area contributed by atoms with Crippen LogP contribution in [0.5, 0.6) is 0 Å². The fourth-order valence-corrected chi connectivity index (χ4v) is 3.68. The molecule has 1 aliphatic rings. The molecule has 0 aliphatic carbocycles. The van der Waals surface area contributed by atoms with E-state index in [0.717, 1.165) is 30.9 Å². The Morgan fingerprint density at radius 1 is 1.16 bits per heavy atom. The molecule has 31 heavy (non-hydrogen) atoms. The highest BCUT2D eigenvalue weighted by molar-refractivity contribution is 6.09. The van der Waals surface area contributed by atoms with Crippen molar-refractivity contribution in [3.05, 3.63) is 47.8 Å². The van der Waals surface area contributed by atoms with Gasteiger partial charge < -0.3 is 30.5 Å². The summed E-state index contributed by atoms with van der Waals surface area (Å²) in [6.45, 7) is 4.36. The van der Waals surface area contributed by atoms with E-state index in [-0.39, 0.29) is 5.91 Å². The first-order valence-corrected chi connectivity index (χ1v) is 10.5. The zero-order valence-electron chi connectivity index (χ0n) is 18.5. The van der Waals surface area contributed by atoms with Crippen molar-refractivity contribution < 1.29 is 13.9 Å². The van der Waals surface area contributed by atoms with Crippen LogP contribution in [0.15, 0.2) is 36.4 Å². The van der Waals surface area contributed by atoms with Crippen LogP contribution >= 0.6 is 0 Å². The lowest BCUT2D eigenvalue weighted by atomic mass is 10.1. The predicted octanol–water partition coefficient (Wildman–Crippen LogP) is 2.88. The Hall–Kier alpha value is -2.84. The van der Waals surface area contributed by atoms with E-state index in [1.165, 1.54) is 12.1 Å². The van der Waals surface area contributed by atoms with Crippen molar-refractivity contribution >= 4 is 28.7 Å². The second-order valence-electron chi connectivity index (χ2n) is 8.07. The molecule has 0 radical (unpaired) electrons. The number of para-hydroxylation sites is 1. The molecule has 0 unspecified atom stereocenters. The fourth-order valence-electron chi connectivity index (χ4n) is 3.68. The zero-order valence-corrected chi connectivity index (χ0v) is 18.5. The number of rotatable bonds is 8. The summed E-state index contributed by atoms with van der Waals surface area (Å²) in [5, 5.41) is 2.80. The van der Waals surface area contributed by atoms with Gasteiger partial charge in [0, 0.05) is 38.1 Å². The van der Waals surface area contributed by atoms with E-state index in [1.54, 1.807) is 12.1 Å². The van der Waals surface area contributed by atoms with Gasteiger partial charge in [0.25, 0.3) is 5.91 Å². The lowest BCUT2D eigenvalue weighted by Gasteiger charge is -2.29. The number of carbonyl (C=O) groups is 1. The smallest absolute Gasteiger partial charge is 0.257 e.